The number of alkyl halides is 3. The van der Waals surface area contributed by atoms with Crippen LogP contribution in [0.1, 0.15) is 78.1 Å². The molecule has 0 fully saturated rings. The van der Waals surface area contributed by atoms with Crippen LogP contribution in [-0.2, 0) is 22.8 Å². The highest BCUT2D eigenvalue weighted by Crippen LogP contribution is 2.38. The minimum atomic E-state index is -4.56. The lowest BCUT2D eigenvalue weighted by Gasteiger charge is -2.38. The van der Waals surface area contributed by atoms with Gasteiger partial charge in [-0.05, 0) is 64.1 Å². The Balaban J connectivity index is 1.64. The van der Waals surface area contributed by atoms with Crippen LogP contribution in [0.2, 0.25) is 0 Å². The van der Waals surface area contributed by atoms with Crippen molar-refractivity contribution >= 4 is 23.2 Å². The first kappa shape index (κ1) is 28.9. The smallest absolute Gasteiger partial charge is 0.330 e. The Morgan fingerprint density at radius 3 is 2.33 bits per heavy atom. The van der Waals surface area contributed by atoms with E-state index < -0.39 is 17.6 Å². The molecule has 4 rings (SSSR count). The van der Waals surface area contributed by atoms with Gasteiger partial charge < -0.3 is 9.80 Å². The van der Waals surface area contributed by atoms with Crippen LogP contribution in [0.3, 0.4) is 0 Å². The van der Waals surface area contributed by atoms with Crippen LogP contribution in [0, 0.1) is 5.92 Å². The van der Waals surface area contributed by atoms with E-state index in [9.17, 15) is 22.8 Å². The Morgan fingerprint density at radius 2 is 1.72 bits per heavy atom. The van der Waals surface area contributed by atoms with Gasteiger partial charge in [-0.3, -0.25) is 9.59 Å². The average molecular weight is 557 g/mol. The molecule has 1 aliphatic rings. The van der Waals surface area contributed by atoms with E-state index in [0.717, 1.165) is 29.7 Å². The van der Waals surface area contributed by atoms with Crippen molar-refractivity contribution < 1.29 is 22.8 Å². The molecule has 0 aliphatic carbocycles. The van der Waals surface area contributed by atoms with Gasteiger partial charge in [-0.1, -0.05) is 65.0 Å². The summed E-state index contributed by atoms with van der Waals surface area (Å²) < 4.78 is 39.9. The van der Waals surface area contributed by atoms with Crippen molar-refractivity contribution in [2.45, 2.75) is 58.7 Å². The molecule has 0 spiro atoms. The monoisotopic (exact) mass is 556 g/mol. The van der Waals surface area contributed by atoms with Gasteiger partial charge in [0.25, 0.3) is 5.91 Å². The molecule has 208 valence electrons. The number of hydrogen-bond acceptors (Lipinski definition) is 3. The number of amides is 2. The number of halogens is 3. The number of nitrogens with zero attached hydrogens (tertiary/aromatic N) is 2. The Hall–Kier alpha value is -3.13. The summed E-state index contributed by atoms with van der Waals surface area (Å²) >= 11 is 1.68. The molecule has 8 heteroatoms. The van der Waals surface area contributed by atoms with Crippen LogP contribution >= 0.6 is 11.3 Å². The summed E-state index contributed by atoms with van der Waals surface area (Å²) in [5.41, 5.74) is 2.31. The predicted molar refractivity (Wildman–Crippen MR) is 149 cm³/mol. The molecule has 1 aliphatic heterocycles. The van der Waals surface area contributed by atoms with Crippen molar-refractivity contribution in [1.82, 2.24) is 9.80 Å². The Morgan fingerprint density at radius 1 is 1.03 bits per heavy atom. The number of hydrogen-bond donors (Lipinski definition) is 0. The van der Waals surface area contributed by atoms with Crippen molar-refractivity contribution in [3.63, 3.8) is 0 Å². The first-order valence-corrected chi connectivity index (χ1v) is 14.1. The molecule has 39 heavy (non-hydrogen) atoms. The van der Waals surface area contributed by atoms with Crippen LogP contribution in [0.25, 0.3) is 0 Å². The lowest BCUT2D eigenvalue weighted by molar-refractivity contribution is -0.137. The largest absolute Gasteiger partial charge is 0.416 e. The fourth-order valence-corrected chi connectivity index (χ4v) is 5.94. The minimum absolute atomic E-state index is 0.00469. The lowest BCUT2D eigenvalue weighted by Crippen LogP contribution is -2.47. The number of fused-ring (bicyclic) bond motifs is 1. The van der Waals surface area contributed by atoms with Crippen molar-refractivity contribution in [2.24, 2.45) is 5.92 Å². The van der Waals surface area contributed by atoms with E-state index in [2.05, 4.69) is 51.1 Å². The molecule has 2 aromatic carbocycles. The molecule has 1 unspecified atom stereocenters. The van der Waals surface area contributed by atoms with Crippen LogP contribution in [0.4, 0.5) is 13.2 Å². The maximum Gasteiger partial charge on any atom is 0.416 e. The van der Waals surface area contributed by atoms with Gasteiger partial charge >= 0.3 is 6.18 Å². The fourth-order valence-electron chi connectivity index (χ4n) is 5.04. The molecule has 4 nitrogen and oxygen atoms in total. The second-order valence-corrected chi connectivity index (χ2v) is 12.6. The Bertz CT molecular complexity index is 1320. The van der Waals surface area contributed by atoms with Gasteiger partial charge in [0.1, 0.15) is 6.54 Å². The van der Waals surface area contributed by atoms with Gasteiger partial charge in [0.2, 0.25) is 5.91 Å². The van der Waals surface area contributed by atoms with Gasteiger partial charge in [-0.25, -0.2) is 0 Å². The minimum Gasteiger partial charge on any atom is -0.330 e. The first-order chi connectivity index (χ1) is 18.3. The van der Waals surface area contributed by atoms with Crippen LogP contribution < -0.4 is 0 Å². The van der Waals surface area contributed by atoms with Gasteiger partial charge in [0, 0.05) is 23.5 Å². The molecule has 0 saturated carbocycles. The molecule has 0 radical (unpaired) electrons. The highest BCUT2D eigenvalue weighted by molar-refractivity contribution is 7.10. The second kappa shape index (κ2) is 11.2. The molecule has 0 saturated heterocycles. The highest BCUT2D eigenvalue weighted by atomic mass is 32.1. The average Bonchev–Trinajstić information content (AvgIpc) is 3.35. The molecule has 1 aromatic heterocycles. The summed E-state index contributed by atoms with van der Waals surface area (Å²) in [4.78, 5) is 31.7. The number of thiophene rings is 1. The topological polar surface area (TPSA) is 40.6 Å². The molecular formula is C31H35F3N2O2S. The zero-order chi connectivity index (χ0) is 28.5. The molecule has 0 bridgehead atoms. The van der Waals surface area contributed by atoms with Gasteiger partial charge in [-0.15, -0.1) is 11.3 Å². The lowest BCUT2D eigenvalue weighted by atomic mass is 9.85. The maximum atomic E-state index is 13.8. The number of carbonyl (C=O) groups excluding carboxylic acids is 2. The van der Waals surface area contributed by atoms with Gasteiger partial charge in [0.05, 0.1) is 11.6 Å². The van der Waals surface area contributed by atoms with Gasteiger partial charge in [0.15, 0.2) is 0 Å². The zero-order valence-electron chi connectivity index (χ0n) is 23.0. The fraction of sp³-hybridized carbons (Fsp3) is 0.419. The number of carbonyl (C=O) groups is 2. The molecule has 1 atom stereocenters. The van der Waals surface area contributed by atoms with Gasteiger partial charge in [-0.2, -0.15) is 13.2 Å². The van der Waals surface area contributed by atoms with Crippen molar-refractivity contribution in [1.29, 1.82) is 0 Å². The van der Waals surface area contributed by atoms with E-state index in [1.54, 1.807) is 11.3 Å². The molecule has 3 aromatic rings. The Labute approximate surface area is 232 Å². The first-order valence-electron chi connectivity index (χ1n) is 13.2. The van der Waals surface area contributed by atoms with Crippen molar-refractivity contribution in [3.05, 3.63) is 92.7 Å². The molecule has 2 amide bonds. The van der Waals surface area contributed by atoms with Crippen molar-refractivity contribution in [2.75, 3.05) is 19.6 Å². The third-order valence-corrected chi connectivity index (χ3v) is 8.01. The molecular weight excluding hydrogens is 521 g/mol. The van der Waals surface area contributed by atoms with Crippen molar-refractivity contribution in [3.8, 4) is 0 Å². The van der Waals surface area contributed by atoms with Crippen LogP contribution in [0.5, 0.6) is 0 Å². The van der Waals surface area contributed by atoms with E-state index in [0.29, 0.717) is 6.54 Å². The third-order valence-electron chi connectivity index (χ3n) is 7.01. The summed E-state index contributed by atoms with van der Waals surface area (Å²) in [6.45, 7) is 10.8. The molecule has 0 N–H and O–H groups in total. The van der Waals surface area contributed by atoms with E-state index >= 15 is 0 Å². The standard InChI is InChI=1S/C31H35F3N2O2S/c1-20(2)18-35(29(38)22-7-6-8-24(17-22)31(32,33)34)19-27(37)36-15-13-26-25(14-16-39-26)28(36)21-9-11-23(12-10-21)30(3,4)5/h6-12,14,16-17,20,28H,13,15,18-19H2,1-5H3. The van der Waals surface area contributed by atoms with E-state index in [-0.39, 0.29) is 41.9 Å². The SMILES string of the molecule is CC(C)CN(CC(=O)N1CCc2sccc2C1c1ccc(C(C)(C)C)cc1)C(=O)c1cccc(C(F)(F)F)c1. The van der Waals surface area contributed by atoms with E-state index in [1.165, 1.54) is 27.5 Å². The second-order valence-electron chi connectivity index (χ2n) is 11.6. The summed E-state index contributed by atoms with van der Waals surface area (Å²) in [5.74, 6) is -0.779. The number of rotatable bonds is 6. The van der Waals surface area contributed by atoms with E-state index in [1.807, 2.05) is 24.1 Å². The normalized spacial score (nSPS) is 15.8. The Kier molecular flexibility index (Phi) is 8.26. The summed E-state index contributed by atoms with van der Waals surface area (Å²) in [5, 5.41) is 2.04. The summed E-state index contributed by atoms with van der Waals surface area (Å²) in [6.07, 6.45) is -3.84. The number of benzene rings is 2. The third kappa shape index (κ3) is 6.55. The predicted octanol–water partition coefficient (Wildman–Crippen LogP) is 7.34. The van der Waals surface area contributed by atoms with Crippen LogP contribution in [0.15, 0.2) is 60.0 Å². The quantitative estimate of drug-likeness (QED) is 0.319. The summed E-state index contributed by atoms with van der Waals surface area (Å²) in [6, 6.07) is 14.5. The maximum absolute atomic E-state index is 13.8. The van der Waals surface area contributed by atoms with Crippen LogP contribution in [-0.4, -0.2) is 41.2 Å². The van der Waals surface area contributed by atoms with E-state index in [4.69, 9.17) is 0 Å². The summed E-state index contributed by atoms with van der Waals surface area (Å²) in [7, 11) is 0. The highest BCUT2D eigenvalue weighted by Gasteiger charge is 2.35. The molecule has 2 heterocycles. The zero-order valence-corrected chi connectivity index (χ0v) is 23.8.